The monoisotopic (exact) mass is 356 g/mol. The quantitative estimate of drug-likeness (QED) is 0.556. The van der Waals surface area contributed by atoms with Crippen molar-refractivity contribution in [1.29, 1.82) is 0 Å². The summed E-state index contributed by atoms with van der Waals surface area (Å²) in [7, 11) is 0. The van der Waals surface area contributed by atoms with E-state index in [1.165, 1.54) is 0 Å². The lowest BCUT2D eigenvalue weighted by Crippen LogP contribution is -2.11. The summed E-state index contributed by atoms with van der Waals surface area (Å²) in [5.41, 5.74) is 3.10. The Morgan fingerprint density at radius 1 is 1.20 bits per heavy atom. The number of hydrogen-bond acceptors (Lipinski definition) is 4. The first-order valence-corrected chi connectivity index (χ1v) is 8.28. The molecule has 2 aromatic heterocycles. The number of carbonyl (C=O) groups excluding carboxylic acids is 2. The third-order valence-electron chi connectivity index (χ3n) is 4.05. The van der Waals surface area contributed by atoms with E-state index in [-0.39, 0.29) is 29.3 Å². The summed E-state index contributed by atoms with van der Waals surface area (Å²) in [6.07, 6.45) is 1.85. The van der Waals surface area contributed by atoms with Gasteiger partial charge in [0.05, 0.1) is 0 Å². The number of aromatic amines is 1. The van der Waals surface area contributed by atoms with Crippen molar-refractivity contribution in [1.82, 2.24) is 9.97 Å². The fourth-order valence-electron chi connectivity index (χ4n) is 2.47. The molecule has 3 rings (SSSR count). The van der Waals surface area contributed by atoms with Gasteiger partial charge in [-0.05, 0) is 49.2 Å². The summed E-state index contributed by atoms with van der Waals surface area (Å²) < 4.78 is 5.42. The molecule has 6 heteroatoms. The van der Waals surface area contributed by atoms with Gasteiger partial charge in [-0.1, -0.05) is 18.5 Å². The predicted molar refractivity (Wildman–Crippen MR) is 96.4 cm³/mol. The van der Waals surface area contributed by atoms with Crippen LogP contribution < -0.4 is 4.74 Å². The van der Waals surface area contributed by atoms with Crippen molar-refractivity contribution in [2.24, 2.45) is 0 Å². The summed E-state index contributed by atoms with van der Waals surface area (Å²) in [5, 5.41) is 1.07. The van der Waals surface area contributed by atoms with Crippen LogP contribution in [0.25, 0.3) is 10.9 Å². The molecule has 0 saturated heterocycles. The van der Waals surface area contributed by atoms with Gasteiger partial charge in [0.1, 0.15) is 11.4 Å². The maximum atomic E-state index is 12.9. The Hall–Kier alpha value is -2.66. The van der Waals surface area contributed by atoms with Gasteiger partial charge in [0.15, 0.2) is 5.75 Å². The standard InChI is InChI=1S/C19H17ClN2O3/c1-4-16(23)25-19-13-8-12(20)5-6-14(13)22-17(19)18(24)15-7-10(2)11(3)9-21-15/h5-9,22H,4H2,1-3H3. The number of fused-ring (bicyclic) bond motifs is 1. The smallest absolute Gasteiger partial charge is 0.310 e. The number of rotatable bonds is 4. The highest BCUT2D eigenvalue weighted by atomic mass is 35.5. The molecule has 0 fully saturated rings. The molecule has 3 aromatic rings. The van der Waals surface area contributed by atoms with Crippen LogP contribution in [0.3, 0.4) is 0 Å². The molecule has 1 aromatic carbocycles. The van der Waals surface area contributed by atoms with Crippen LogP contribution in [-0.4, -0.2) is 21.7 Å². The molecule has 0 spiro atoms. The second-order valence-electron chi connectivity index (χ2n) is 5.83. The third-order valence-corrected chi connectivity index (χ3v) is 4.28. The number of carbonyl (C=O) groups is 2. The van der Waals surface area contributed by atoms with Crippen LogP contribution in [0, 0.1) is 13.8 Å². The van der Waals surface area contributed by atoms with Gasteiger partial charge in [0.25, 0.3) is 0 Å². The summed E-state index contributed by atoms with van der Waals surface area (Å²) in [6, 6.07) is 6.83. The molecule has 5 nitrogen and oxygen atoms in total. The summed E-state index contributed by atoms with van der Waals surface area (Å²) in [4.78, 5) is 32.0. The SMILES string of the molecule is CCC(=O)Oc1c(C(=O)c2cc(C)c(C)cn2)[nH]c2ccc(Cl)cc12. The lowest BCUT2D eigenvalue weighted by atomic mass is 10.1. The van der Waals surface area contributed by atoms with Crippen LogP contribution in [0.1, 0.15) is 40.7 Å². The Kier molecular flexibility index (Phi) is 4.59. The molecule has 128 valence electrons. The number of pyridine rings is 1. The van der Waals surface area contributed by atoms with Crippen LogP contribution in [0.5, 0.6) is 5.75 Å². The molecule has 0 radical (unpaired) electrons. The van der Waals surface area contributed by atoms with Gasteiger partial charge in [-0.25, -0.2) is 0 Å². The number of ether oxygens (including phenoxy) is 1. The number of aromatic nitrogens is 2. The number of benzene rings is 1. The lowest BCUT2D eigenvalue weighted by molar-refractivity contribution is -0.133. The number of hydrogen-bond donors (Lipinski definition) is 1. The Labute approximate surface area is 150 Å². The molecule has 1 N–H and O–H groups in total. The van der Waals surface area contributed by atoms with Crippen LogP contribution in [-0.2, 0) is 4.79 Å². The molecule has 0 unspecified atom stereocenters. The molecule has 2 heterocycles. The zero-order valence-corrected chi connectivity index (χ0v) is 14.9. The lowest BCUT2D eigenvalue weighted by Gasteiger charge is -2.06. The van der Waals surface area contributed by atoms with Crippen molar-refractivity contribution in [2.45, 2.75) is 27.2 Å². The highest BCUT2D eigenvalue weighted by Crippen LogP contribution is 2.33. The number of esters is 1. The molecule has 0 saturated carbocycles. The zero-order valence-electron chi connectivity index (χ0n) is 14.1. The van der Waals surface area contributed by atoms with Crippen molar-refractivity contribution in [3.63, 3.8) is 0 Å². The predicted octanol–water partition coefficient (Wildman–Crippen LogP) is 4.38. The molecule has 0 bridgehead atoms. The molecule has 0 aliphatic heterocycles. The van der Waals surface area contributed by atoms with Crippen LogP contribution in [0.2, 0.25) is 5.02 Å². The number of nitrogens with one attached hydrogen (secondary N) is 1. The number of ketones is 1. The van der Waals surface area contributed by atoms with Crippen molar-refractivity contribution in [3.8, 4) is 5.75 Å². The Morgan fingerprint density at radius 2 is 1.96 bits per heavy atom. The first-order chi connectivity index (χ1) is 11.9. The number of halogens is 1. The third kappa shape index (κ3) is 3.28. The first-order valence-electron chi connectivity index (χ1n) is 7.90. The van der Waals surface area contributed by atoms with Gasteiger partial charge in [-0.2, -0.15) is 0 Å². The van der Waals surface area contributed by atoms with E-state index in [1.807, 2.05) is 13.8 Å². The highest BCUT2D eigenvalue weighted by Gasteiger charge is 2.23. The number of H-pyrrole nitrogens is 1. The maximum absolute atomic E-state index is 12.9. The van der Waals surface area contributed by atoms with E-state index in [1.54, 1.807) is 37.4 Å². The average molecular weight is 357 g/mol. The van der Waals surface area contributed by atoms with Crippen LogP contribution >= 0.6 is 11.6 Å². The van der Waals surface area contributed by atoms with E-state index >= 15 is 0 Å². The highest BCUT2D eigenvalue weighted by molar-refractivity contribution is 6.31. The van der Waals surface area contributed by atoms with E-state index < -0.39 is 5.97 Å². The van der Waals surface area contributed by atoms with Gasteiger partial charge in [-0.3, -0.25) is 14.6 Å². The Morgan fingerprint density at radius 3 is 2.64 bits per heavy atom. The van der Waals surface area contributed by atoms with Gasteiger partial charge in [-0.15, -0.1) is 0 Å². The van der Waals surface area contributed by atoms with E-state index in [4.69, 9.17) is 16.3 Å². The minimum absolute atomic E-state index is 0.189. The van der Waals surface area contributed by atoms with Crippen molar-refractivity contribution >= 4 is 34.3 Å². The topological polar surface area (TPSA) is 72.1 Å². The van der Waals surface area contributed by atoms with Crippen molar-refractivity contribution < 1.29 is 14.3 Å². The molecule has 0 aliphatic rings. The van der Waals surface area contributed by atoms with Gasteiger partial charge in [0.2, 0.25) is 5.78 Å². The molecule has 0 amide bonds. The first kappa shape index (κ1) is 17.2. The number of aryl methyl sites for hydroxylation is 2. The summed E-state index contributed by atoms with van der Waals surface area (Å²) >= 11 is 6.05. The minimum atomic E-state index is -0.428. The van der Waals surface area contributed by atoms with E-state index in [0.717, 1.165) is 11.1 Å². The van der Waals surface area contributed by atoms with Gasteiger partial charge < -0.3 is 9.72 Å². The van der Waals surface area contributed by atoms with E-state index in [0.29, 0.717) is 15.9 Å². The maximum Gasteiger partial charge on any atom is 0.310 e. The largest absolute Gasteiger partial charge is 0.423 e. The van der Waals surface area contributed by atoms with Gasteiger partial charge in [0, 0.05) is 28.5 Å². The average Bonchev–Trinajstić information content (AvgIpc) is 2.94. The normalized spacial score (nSPS) is 10.9. The molecule has 0 atom stereocenters. The fourth-order valence-corrected chi connectivity index (χ4v) is 2.64. The zero-order chi connectivity index (χ0) is 18.1. The fraction of sp³-hybridized carbons (Fsp3) is 0.211. The van der Waals surface area contributed by atoms with E-state index in [2.05, 4.69) is 9.97 Å². The summed E-state index contributed by atoms with van der Waals surface area (Å²) in [6.45, 7) is 5.53. The van der Waals surface area contributed by atoms with Crippen LogP contribution in [0.4, 0.5) is 0 Å². The molecule has 0 aliphatic carbocycles. The summed E-state index contributed by atoms with van der Waals surface area (Å²) in [5.74, 6) is -0.577. The van der Waals surface area contributed by atoms with Crippen molar-refractivity contribution in [2.75, 3.05) is 0 Å². The molecular weight excluding hydrogens is 340 g/mol. The van der Waals surface area contributed by atoms with Crippen LogP contribution in [0.15, 0.2) is 30.5 Å². The molecular formula is C19H17ClN2O3. The Balaban J connectivity index is 2.16. The van der Waals surface area contributed by atoms with Crippen molar-refractivity contribution in [3.05, 3.63) is 58.0 Å². The number of nitrogens with zero attached hydrogens (tertiary/aromatic N) is 1. The second kappa shape index (κ2) is 6.69. The van der Waals surface area contributed by atoms with E-state index in [9.17, 15) is 9.59 Å². The van der Waals surface area contributed by atoms with Gasteiger partial charge >= 0.3 is 5.97 Å². The second-order valence-corrected chi connectivity index (χ2v) is 6.27. The molecule has 25 heavy (non-hydrogen) atoms. The Bertz CT molecular complexity index is 992. The minimum Gasteiger partial charge on any atom is -0.423 e.